The highest BCUT2D eigenvalue weighted by Gasteiger charge is 2.55. The maximum atomic E-state index is 13.3. The third kappa shape index (κ3) is 3.03. The largest absolute Gasteiger partial charge is 0.343 e. The zero-order valence-electron chi connectivity index (χ0n) is 17.5. The van der Waals surface area contributed by atoms with Crippen LogP contribution in [-0.2, 0) is 23.3 Å². The van der Waals surface area contributed by atoms with E-state index in [4.69, 9.17) is 0 Å². The number of aryl methyl sites for hydroxylation is 2. The van der Waals surface area contributed by atoms with Crippen molar-refractivity contribution in [3.8, 4) is 0 Å². The number of nitrogens with zero attached hydrogens (tertiary/aromatic N) is 2. The fraction of sp³-hybridized carbons (Fsp3) is 0.292. The van der Waals surface area contributed by atoms with Crippen molar-refractivity contribution < 1.29 is 14.4 Å². The molecule has 1 aliphatic carbocycles. The number of Topliss-reactive ketones (excluding diaryl/α,β-unsaturated/α-hetero) is 1. The number of nitrogens with one attached hydrogen (secondary N) is 1. The van der Waals surface area contributed by atoms with Crippen LogP contribution in [0.3, 0.4) is 0 Å². The van der Waals surface area contributed by atoms with Crippen molar-refractivity contribution in [2.75, 3.05) is 6.54 Å². The van der Waals surface area contributed by atoms with Crippen molar-refractivity contribution in [1.82, 2.24) is 14.8 Å². The zero-order chi connectivity index (χ0) is 21.8. The molecule has 3 aromatic rings. The predicted octanol–water partition coefficient (Wildman–Crippen LogP) is 3.79. The summed E-state index contributed by atoms with van der Waals surface area (Å²) in [6, 6.07) is 13.1. The smallest absolute Gasteiger partial charge is 0.325 e. The van der Waals surface area contributed by atoms with Crippen LogP contribution in [-0.4, -0.2) is 33.7 Å². The lowest BCUT2D eigenvalue weighted by atomic mass is 9.92. The lowest BCUT2D eigenvalue weighted by Gasteiger charge is -2.22. The van der Waals surface area contributed by atoms with Gasteiger partial charge in [0.25, 0.3) is 5.91 Å². The van der Waals surface area contributed by atoms with Gasteiger partial charge in [-0.2, -0.15) is 0 Å². The molecule has 7 heteroatoms. The second kappa shape index (κ2) is 7.20. The van der Waals surface area contributed by atoms with Gasteiger partial charge in [-0.25, -0.2) is 4.79 Å². The summed E-state index contributed by atoms with van der Waals surface area (Å²) in [4.78, 5) is 41.5. The molecule has 1 saturated heterocycles. The number of carbonyl (C=O) groups excluding carboxylic acids is 3. The molecule has 1 fully saturated rings. The molecule has 0 bridgehead atoms. The van der Waals surface area contributed by atoms with Gasteiger partial charge in [0.2, 0.25) is 0 Å². The maximum Gasteiger partial charge on any atom is 0.325 e. The Balaban J connectivity index is 1.39. The Labute approximate surface area is 184 Å². The minimum absolute atomic E-state index is 0.225. The normalized spacial score (nSPS) is 19.9. The van der Waals surface area contributed by atoms with E-state index in [1.807, 2.05) is 55.6 Å². The Bertz CT molecular complexity index is 1210. The van der Waals surface area contributed by atoms with Crippen LogP contribution in [0.15, 0.2) is 47.8 Å². The van der Waals surface area contributed by atoms with Crippen LogP contribution in [0, 0.1) is 13.8 Å². The Kier molecular flexibility index (Phi) is 4.59. The van der Waals surface area contributed by atoms with Crippen LogP contribution in [0.1, 0.15) is 44.2 Å². The van der Waals surface area contributed by atoms with Gasteiger partial charge in [0.05, 0.1) is 13.1 Å². The fourth-order valence-electron chi connectivity index (χ4n) is 4.85. The SMILES string of the molecule is Cc1cc(C(=O)CN2C(=O)N[C@@]3(CCc4ccccc43)C2=O)c(C)n1Cc1cccs1. The molecule has 5 rings (SSSR count). The minimum atomic E-state index is -1.04. The summed E-state index contributed by atoms with van der Waals surface area (Å²) in [5.74, 6) is -0.555. The highest BCUT2D eigenvalue weighted by atomic mass is 32.1. The molecule has 6 nitrogen and oxygen atoms in total. The third-order valence-corrected chi connectivity index (χ3v) is 7.35. The van der Waals surface area contributed by atoms with E-state index in [1.165, 1.54) is 4.88 Å². The monoisotopic (exact) mass is 433 g/mol. The number of ketones is 1. The van der Waals surface area contributed by atoms with Crippen LogP contribution >= 0.6 is 11.3 Å². The lowest BCUT2D eigenvalue weighted by molar-refractivity contribution is -0.131. The lowest BCUT2D eigenvalue weighted by Crippen LogP contribution is -2.42. The minimum Gasteiger partial charge on any atom is -0.343 e. The standard InChI is InChI=1S/C24H23N3O3S/c1-15-12-19(16(2)26(15)13-18-7-5-11-31-18)21(28)14-27-22(29)24(25-23(27)30)10-9-17-6-3-4-8-20(17)24/h3-8,11-12H,9-10,13-14H2,1-2H3,(H,25,30)/t24-/m1/s1. The summed E-state index contributed by atoms with van der Waals surface area (Å²) >= 11 is 1.67. The van der Waals surface area contributed by atoms with E-state index in [1.54, 1.807) is 11.3 Å². The van der Waals surface area contributed by atoms with Gasteiger partial charge in [-0.05, 0) is 55.3 Å². The highest BCUT2D eigenvalue weighted by molar-refractivity contribution is 7.09. The van der Waals surface area contributed by atoms with E-state index >= 15 is 0 Å². The number of benzene rings is 1. The summed E-state index contributed by atoms with van der Waals surface area (Å²) in [5.41, 5.74) is 3.27. The first-order chi connectivity index (χ1) is 14.9. The molecule has 0 saturated carbocycles. The van der Waals surface area contributed by atoms with Gasteiger partial charge >= 0.3 is 6.03 Å². The van der Waals surface area contributed by atoms with Crippen LogP contribution in [0.2, 0.25) is 0 Å². The second-order valence-electron chi connectivity index (χ2n) is 8.26. The van der Waals surface area contributed by atoms with Crippen molar-refractivity contribution >= 4 is 29.1 Å². The summed E-state index contributed by atoms with van der Waals surface area (Å²) < 4.78 is 2.10. The number of urea groups is 1. The number of fused-ring (bicyclic) bond motifs is 2. The average Bonchev–Trinajstić information content (AvgIpc) is 3.51. The van der Waals surface area contributed by atoms with Crippen molar-refractivity contribution in [2.24, 2.45) is 0 Å². The molecule has 0 unspecified atom stereocenters. The van der Waals surface area contributed by atoms with Crippen molar-refractivity contribution in [2.45, 2.75) is 38.8 Å². The Hall–Kier alpha value is -3.19. The Morgan fingerprint density at radius 2 is 1.97 bits per heavy atom. The maximum absolute atomic E-state index is 13.3. The number of rotatable bonds is 5. The number of imide groups is 1. The van der Waals surface area contributed by atoms with Gasteiger partial charge in [-0.15, -0.1) is 11.3 Å². The first kappa shape index (κ1) is 19.8. The van der Waals surface area contributed by atoms with E-state index in [0.717, 1.165) is 33.8 Å². The number of thiophene rings is 1. The van der Waals surface area contributed by atoms with E-state index < -0.39 is 11.6 Å². The summed E-state index contributed by atoms with van der Waals surface area (Å²) in [7, 11) is 0. The van der Waals surface area contributed by atoms with Crippen LogP contribution < -0.4 is 5.32 Å². The summed E-state index contributed by atoms with van der Waals surface area (Å²) in [5, 5.41) is 4.92. The quantitative estimate of drug-likeness (QED) is 0.492. The summed E-state index contributed by atoms with van der Waals surface area (Å²) in [6.07, 6.45) is 1.25. The first-order valence-corrected chi connectivity index (χ1v) is 11.2. The highest BCUT2D eigenvalue weighted by Crippen LogP contribution is 2.41. The van der Waals surface area contributed by atoms with Gasteiger partial charge in [0, 0.05) is 21.8 Å². The third-order valence-electron chi connectivity index (χ3n) is 6.49. The summed E-state index contributed by atoms with van der Waals surface area (Å²) in [6.45, 7) is 4.33. The molecule has 0 radical (unpaired) electrons. The number of hydrogen-bond donors (Lipinski definition) is 1. The number of aromatic nitrogens is 1. The zero-order valence-corrected chi connectivity index (χ0v) is 18.3. The molecule has 1 spiro atoms. The molecule has 1 atom stereocenters. The van der Waals surface area contributed by atoms with Crippen LogP contribution in [0.4, 0.5) is 4.79 Å². The second-order valence-corrected chi connectivity index (χ2v) is 9.29. The van der Waals surface area contributed by atoms with Gasteiger partial charge < -0.3 is 9.88 Å². The number of carbonyl (C=O) groups is 3. The number of hydrogen-bond acceptors (Lipinski definition) is 4. The van der Waals surface area contributed by atoms with E-state index in [-0.39, 0.29) is 18.2 Å². The van der Waals surface area contributed by atoms with Gasteiger partial charge in [0.1, 0.15) is 5.54 Å². The predicted molar refractivity (Wildman–Crippen MR) is 118 cm³/mol. The number of amides is 3. The first-order valence-electron chi connectivity index (χ1n) is 10.4. The van der Waals surface area contributed by atoms with Gasteiger partial charge in [-0.1, -0.05) is 30.3 Å². The fourth-order valence-corrected chi connectivity index (χ4v) is 5.54. The molecule has 3 heterocycles. The van der Waals surface area contributed by atoms with Crippen molar-refractivity contribution in [1.29, 1.82) is 0 Å². The molecule has 31 heavy (non-hydrogen) atoms. The molecular weight excluding hydrogens is 410 g/mol. The molecule has 2 aromatic heterocycles. The molecule has 2 aliphatic rings. The van der Waals surface area contributed by atoms with Gasteiger partial charge in [0.15, 0.2) is 5.78 Å². The average molecular weight is 434 g/mol. The van der Waals surface area contributed by atoms with Crippen LogP contribution in [0.5, 0.6) is 0 Å². The van der Waals surface area contributed by atoms with E-state index in [2.05, 4.69) is 16.0 Å². The van der Waals surface area contributed by atoms with Gasteiger partial charge in [-0.3, -0.25) is 14.5 Å². The van der Waals surface area contributed by atoms with Crippen molar-refractivity contribution in [3.05, 3.63) is 80.8 Å². The molecule has 158 valence electrons. The van der Waals surface area contributed by atoms with E-state index in [0.29, 0.717) is 18.5 Å². The van der Waals surface area contributed by atoms with Crippen LogP contribution in [0.25, 0.3) is 0 Å². The topological polar surface area (TPSA) is 71.4 Å². The molecule has 1 aliphatic heterocycles. The van der Waals surface area contributed by atoms with E-state index in [9.17, 15) is 14.4 Å². The Morgan fingerprint density at radius 1 is 1.16 bits per heavy atom. The molecule has 3 amide bonds. The van der Waals surface area contributed by atoms with Crippen molar-refractivity contribution in [3.63, 3.8) is 0 Å². The molecular formula is C24H23N3O3S. The molecule has 1 aromatic carbocycles. The Morgan fingerprint density at radius 3 is 2.74 bits per heavy atom. The molecule has 1 N–H and O–H groups in total.